The van der Waals surface area contributed by atoms with E-state index in [1.807, 2.05) is 51.1 Å². The summed E-state index contributed by atoms with van der Waals surface area (Å²) in [4.78, 5) is 24.5. The van der Waals surface area contributed by atoms with Crippen molar-refractivity contribution in [3.8, 4) is 0 Å². The second kappa shape index (κ2) is 8.03. The lowest BCUT2D eigenvalue weighted by Gasteiger charge is -2.42. The van der Waals surface area contributed by atoms with E-state index >= 15 is 0 Å². The highest BCUT2D eigenvalue weighted by Gasteiger charge is 2.43. The summed E-state index contributed by atoms with van der Waals surface area (Å²) < 4.78 is 11.2. The van der Waals surface area contributed by atoms with Crippen LogP contribution in [0.15, 0.2) is 30.3 Å². The maximum absolute atomic E-state index is 12.5. The summed E-state index contributed by atoms with van der Waals surface area (Å²) in [5.74, 6) is -0.606. The van der Waals surface area contributed by atoms with Crippen LogP contribution < -0.4 is 0 Å². The van der Waals surface area contributed by atoms with Crippen LogP contribution in [0.3, 0.4) is 0 Å². The zero-order valence-electron chi connectivity index (χ0n) is 15.8. The second-order valence-corrected chi connectivity index (χ2v) is 7.69. The second-order valence-electron chi connectivity index (χ2n) is 7.69. The molecule has 0 heterocycles. The summed E-state index contributed by atoms with van der Waals surface area (Å²) in [6.07, 6.45) is 4.65. The zero-order valence-corrected chi connectivity index (χ0v) is 15.8. The summed E-state index contributed by atoms with van der Waals surface area (Å²) in [6.45, 7) is 7.35. The molecular formula is C21H30O4. The number of carbonyl (C=O) groups excluding carboxylic acids is 2. The molecule has 2 unspecified atom stereocenters. The lowest BCUT2D eigenvalue weighted by Crippen LogP contribution is -2.42. The fourth-order valence-corrected chi connectivity index (χ4v) is 3.37. The highest BCUT2D eigenvalue weighted by atomic mass is 16.6. The molecule has 1 aromatic carbocycles. The van der Waals surface area contributed by atoms with Gasteiger partial charge in [0.1, 0.15) is 5.60 Å². The Morgan fingerprint density at radius 1 is 1.20 bits per heavy atom. The average Bonchev–Trinajstić information content (AvgIpc) is 2.62. The molecule has 1 aromatic rings. The predicted molar refractivity (Wildman–Crippen MR) is 96.9 cm³/mol. The van der Waals surface area contributed by atoms with Gasteiger partial charge in [0.05, 0.1) is 5.41 Å². The first-order chi connectivity index (χ1) is 11.8. The molecule has 2 rings (SSSR count). The Kier molecular flexibility index (Phi) is 6.26. The summed E-state index contributed by atoms with van der Waals surface area (Å²) in [7, 11) is 0. The van der Waals surface area contributed by atoms with Gasteiger partial charge < -0.3 is 9.47 Å². The highest BCUT2D eigenvalue weighted by molar-refractivity contribution is 5.80. The van der Waals surface area contributed by atoms with Gasteiger partial charge in [0.2, 0.25) is 0 Å². The normalized spacial score (nSPS) is 23.8. The van der Waals surface area contributed by atoms with E-state index in [0.29, 0.717) is 6.42 Å². The van der Waals surface area contributed by atoms with E-state index in [2.05, 4.69) is 6.92 Å². The predicted octanol–water partition coefficient (Wildman–Crippen LogP) is 4.61. The molecule has 1 aliphatic carbocycles. The average molecular weight is 346 g/mol. The first-order valence-corrected chi connectivity index (χ1v) is 9.26. The van der Waals surface area contributed by atoms with Crippen LogP contribution in [-0.4, -0.2) is 18.5 Å². The monoisotopic (exact) mass is 346 g/mol. The zero-order chi connectivity index (χ0) is 18.5. The molecule has 1 saturated carbocycles. The Balaban J connectivity index is 2.10. The van der Waals surface area contributed by atoms with Crippen molar-refractivity contribution >= 4 is 11.9 Å². The number of ether oxygens (including phenoxy) is 2. The van der Waals surface area contributed by atoms with Crippen LogP contribution in [0.2, 0.25) is 0 Å². The molecular weight excluding hydrogens is 316 g/mol. The van der Waals surface area contributed by atoms with Crippen molar-refractivity contribution < 1.29 is 19.1 Å². The Morgan fingerprint density at radius 3 is 2.48 bits per heavy atom. The molecule has 0 N–H and O–H groups in total. The lowest BCUT2D eigenvalue weighted by atomic mass is 9.72. The maximum atomic E-state index is 12.5. The van der Waals surface area contributed by atoms with Crippen molar-refractivity contribution in [2.75, 3.05) is 6.61 Å². The van der Waals surface area contributed by atoms with E-state index in [1.54, 1.807) is 0 Å². The SMILES string of the molecule is CCC(C)(C)C(=O)OCC(=O)OC1(c2ccccc2)CCCCC1C. The molecule has 25 heavy (non-hydrogen) atoms. The first-order valence-electron chi connectivity index (χ1n) is 9.26. The van der Waals surface area contributed by atoms with Gasteiger partial charge in [-0.05, 0) is 45.1 Å². The Hall–Kier alpha value is -1.84. The van der Waals surface area contributed by atoms with Gasteiger partial charge in [-0.3, -0.25) is 4.79 Å². The summed E-state index contributed by atoms with van der Waals surface area (Å²) in [6, 6.07) is 9.93. The number of benzene rings is 1. The minimum atomic E-state index is -0.622. The van der Waals surface area contributed by atoms with Gasteiger partial charge in [-0.15, -0.1) is 0 Å². The molecule has 1 fully saturated rings. The molecule has 0 radical (unpaired) electrons. The summed E-state index contributed by atoms with van der Waals surface area (Å²) in [5.41, 5.74) is -0.186. The van der Waals surface area contributed by atoms with Gasteiger partial charge in [0.15, 0.2) is 6.61 Å². The third-order valence-electron chi connectivity index (χ3n) is 5.55. The van der Waals surface area contributed by atoms with Crippen molar-refractivity contribution in [2.45, 2.75) is 65.4 Å². The number of esters is 2. The highest BCUT2D eigenvalue weighted by Crippen LogP contribution is 2.44. The van der Waals surface area contributed by atoms with E-state index in [9.17, 15) is 9.59 Å². The van der Waals surface area contributed by atoms with Crippen molar-refractivity contribution in [2.24, 2.45) is 11.3 Å². The molecule has 1 aliphatic rings. The minimum Gasteiger partial charge on any atom is -0.453 e. The molecule has 4 nitrogen and oxygen atoms in total. The fraction of sp³-hybridized carbons (Fsp3) is 0.619. The van der Waals surface area contributed by atoms with Gasteiger partial charge in [-0.1, -0.05) is 50.6 Å². The van der Waals surface area contributed by atoms with E-state index in [-0.39, 0.29) is 18.5 Å². The Bertz CT molecular complexity index is 593. The van der Waals surface area contributed by atoms with Crippen molar-refractivity contribution in [3.05, 3.63) is 35.9 Å². The van der Waals surface area contributed by atoms with Crippen LogP contribution in [0.25, 0.3) is 0 Å². The molecule has 0 aromatic heterocycles. The number of carbonyl (C=O) groups is 2. The minimum absolute atomic E-state index is 0.232. The van der Waals surface area contributed by atoms with Crippen LogP contribution in [0.5, 0.6) is 0 Å². The standard InChI is InChI=1S/C21H30O4/c1-5-20(3,4)19(23)24-15-18(22)25-21(14-10-9-11-16(21)2)17-12-7-6-8-13-17/h6-8,12-13,16H,5,9-11,14-15H2,1-4H3. The van der Waals surface area contributed by atoms with Crippen molar-refractivity contribution in [3.63, 3.8) is 0 Å². The van der Waals surface area contributed by atoms with Crippen LogP contribution in [0.4, 0.5) is 0 Å². The molecule has 138 valence electrons. The molecule has 2 atom stereocenters. The molecule has 0 amide bonds. The number of rotatable bonds is 6. The Morgan fingerprint density at radius 2 is 1.88 bits per heavy atom. The van der Waals surface area contributed by atoms with E-state index in [4.69, 9.17) is 9.47 Å². The van der Waals surface area contributed by atoms with Gasteiger partial charge >= 0.3 is 11.9 Å². The summed E-state index contributed by atoms with van der Waals surface area (Å²) >= 11 is 0. The van der Waals surface area contributed by atoms with Crippen LogP contribution in [0, 0.1) is 11.3 Å². The van der Waals surface area contributed by atoms with Crippen LogP contribution in [-0.2, 0) is 24.7 Å². The quantitative estimate of drug-likeness (QED) is 0.706. The van der Waals surface area contributed by atoms with Crippen LogP contribution >= 0.6 is 0 Å². The third kappa shape index (κ3) is 4.42. The molecule has 0 bridgehead atoms. The largest absolute Gasteiger partial charge is 0.453 e. The summed E-state index contributed by atoms with van der Waals surface area (Å²) in [5, 5.41) is 0. The number of hydrogen-bond donors (Lipinski definition) is 0. The topological polar surface area (TPSA) is 52.6 Å². The van der Waals surface area contributed by atoms with Crippen molar-refractivity contribution in [1.82, 2.24) is 0 Å². The van der Waals surface area contributed by atoms with Crippen molar-refractivity contribution in [1.29, 1.82) is 0 Å². The van der Waals surface area contributed by atoms with Crippen LogP contribution in [0.1, 0.15) is 65.4 Å². The van der Waals surface area contributed by atoms with Gasteiger partial charge in [-0.25, -0.2) is 4.79 Å². The van der Waals surface area contributed by atoms with Gasteiger partial charge in [-0.2, -0.15) is 0 Å². The number of hydrogen-bond acceptors (Lipinski definition) is 4. The molecule has 4 heteroatoms. The fourth-order valence-electron chi connectivity index (χ4n) is 3.37. The maximum Gasteiger partial charge on any atom is 0.345 e. The smallest absolute Gasteiger partial charge is 0.345 e. The Labute approximate surface area is 150 Å². The third-order valence-corrected chi connectivity index (χ3v) is 5.55. The van der Waals surface area contributed by atoms with E-state index in [1.165, 1.54) is 0 Å². The van der Waals surface area contributed by atoms with Gasteiger partial charge in [0, 0.05) is 5.92 Å². The van der Waals surface area contributed by atoms with Gasteiger partial charge in [0.25, 0.3) is 0 Å². The van der Waals surface area contributed by atoms with E-state index < -0.39 is 17.0 Å². The first kappa shape index (κ1) is 19.5. The molecule has 0 aliphatic heterocycles. The van der Waals surface area contributed by atoms with E-state index in [0.717, 1.165) is 31.2 Å². The molecule has 0 spiro atoms. The lowest BCUT2D eigenvalue weighted by molar-refractivity contribution is -0.182. The molecule has 0 saturated heterocycles.